The lowest BCUT2D eigenvalue weighted by Crippen LogP contribution is -2.47. The van der Waals surface area contributed by atoms with Crippen LogP contribution in [-0.2, 0) is 22.5 Å². The van der Waals surface area contributed by atoms with E-state index in [0.29, 0.717) is 61.3 Å². The number of halogens is 3. The number of morpholine rings is 1. The number of nitrogens with one attached hydrogen (secondary N) is 1. The number of oxazole rings is 1. The van der Waals surface area contributed by atoms with Gasteiger partial charge >= 0.3 is 0 Å². The molecule has 2 heterocycles. The second kappa shape index (κ2) is 10.2. The second-order valence-electron chi connectivity index (χ2n) is 7.99. The van der Waals surface area contributed by atoms with Crippen molar-refractivity contribution >= 4 is 5.91 Å². The maximum Gasteiger partial charge on any atom is 0.226 e. The van der Waals surface area contributed by atoms with E-state index in [1.807, 2.05) is 0 Å². The minimum absolute atomic E-state index is 0.0435. The Balaban J connectivity index is 1.28. The molecule has 9 heteroatoms. The molecule has 6 nitrogen and oxygen atoms in total. The smallest absolute Gasteiger partial charge is 0.226 e. The lowest BCUT2D eigenvalue weighted by Gasteiger charge is -2.33. The molecule has 1 N–H and O–H groups in total. The van der Waals surface area contributed by atoms with E-state index in [1.54, 1.807) is 25.1 Å². The van der Waals surface area contributed by atoms with Gasteiger partial charge in [0.25, 0.3) is 0 Å². The number of ether oxygens (including phenoxy) is 1. The van der Waals surface area contributed by atoms with Gasteiger partial charge in [0.05, 0.1) is 24.8 Å². The zero-order chi connectivity index (χ0) is 23.4. The Morgan fingerprint density at radius 1 is 1.15 bits per heavy atom. The van der Waals surface area contributed by atoms with E-state index in [-0.39, 0.29) is 24.2 Å². The van der Waals surface area contributed by atoms with Crippen molar-refractivity contribution in [2.24, 2.45) is 0 Å². The van der Waals surface area contributed by atoms with Gasteiger partial charge in [-0.1, -0.05) is 6.07 Å². The lowest BCUT2D eigenvalue weighted by molar-refractivity contribution is -0.121. The molecule has 1 fully saturated rings. The molecule has 1 amide bonds. The summed E-state index contributed by atoms with van der Waals surface area (Å²) >= 11 is 0. The number of amides is 1. The quantitative estimate of drug-likeness (QED) is 0.585. The Labute approximate surface area is 189 Å². The molecule has 0 saturated carbocycles. The Hall–Kier alpha value is -3.17. The average molecular weight is 459 g/mol. The molecule has 1 atom stereocenters. The molecule has 0 spiro atoms. The van der Waals surface area contributed by atoms with E-state index in [0.717, 1.165) is 6.07 Å². The maximum absolute atomic E-state index is 13.4. The summed E-state index contributed by atoms with van der Waals surface area (Å²) in [7, 11) is 0. The van der Waals surface area contributed by atoms with Crippen LogP contribution in [0.15, 0.2) is 46.9 Å². The highest BCUT2D eigenvalue weighted by molar-refractivity contribution is 5.78. The first-order chi connectivity index (χ1) is 15.9. The molecule has 0 aliphatic carbocycles. The highest BCUT2D eigenvalue weighted by Gasteiger charge is 2.22. The van der Waals surface area contributed by atoms with Gasteiger partial charge < -0.3 is 14.5 Å². The van der Waals surface area contributed by atoms with Crippen molar-refractivity contribution in [1.29, 1.82) is 0 Å². The van der Waals surface area contributed by atoms with E-state index in [1.165, 1.54) is 18.2 Å². The third-order valence-electron chi connectivity index (χ3n) is 5.45. The normalized spacial score (nSPS) is 16.7. The van der Waals surface area contributed by atoms with Gasteiger partial charge in [-0.05, 0) is 48.9 Å². The number of aryl methyl sites for hydroxylation is 1. The highest BCUT2D eigenvalue weighted by atomic mass is 19.2. The third kappa shape index (κ3) is 6.00. The number of rotatable bonds is 7. The number of hydrogen-bond acceptors (Lipinski definition) is 5. The van der Waals surface area contributed by atoms with Crippen molar-refractivity contribution in [3.63, 3.8) is 0 Å². The van der Waals surface area contributed by atoms with Crippen molar-refractivity contribution in [2.75, 3.05) is 26.2 Å². The number of nitrogens with zero attached hydrogens (tertiary/aromatic N) is 2. The summed E-state index contributed by atoms with van der Waals surface area (Å²) in [5.74, 6) is -1.45. The van der Waals surface area contributed by atoms with E-state index < -0.39 is 11.6 Å². The van der Waals surface area contributed by atoms with Gasteiger partial charge in [-0.3, -0.25) is 9.69 Å². The molecular formula is C24H24F3N3O3. The molecule has 0 unspecified atom stereocenters. The molecular weight excluding hydrogens is 435 g/mol. The first-order valence-corrected chi connectivity index (χ1v) is 10.6. The minimum Gasteiger partial charge on any atom is -0.441 e. The van der Waals surface area contributed by atoms with Crippen LogP contribution in [-0.4, -0.2) is 48.1 Å². The van der Waals surface area contributed by atoms with Gasteiger partial charge in [-0.15, -0.1) is 0 Å². The van der Waals surface area contributed by atoms with Crippen LogP contribution in [0.25, 0.3) is 11.5 Å². The summed E-state index contributed by atoms with van der Waals surface area (Å²) in [6, 6.07) is 9.65. The van der Waals surface area contributed by atoms with Gasteiger partial charge in [-0.25, -0.2) is 18.2 Å². The predicted octanol–water partition coefficient (Wildman–Crippen LogP) is 3.63. The molecule has 2 aromatic carbocycles. The molecule has 3 aromatic rings. The Bertz CT molecular complexity index is 1120. The van der Waals surface area contributed by atoms with Crippen molar-refractivity contribution in [3.8, 4) is 11.5 Å². The molecule has 1 aromatic heterocycles. The van der Waals surface area contributed by atoms with Crippen LogP contribution in [0.2, 0.25) is 0 Å². The van der Waals surface area contributed by atoms with Crippen molar-refractivity contribution < 1.29 is 27.1 Å². The zero-order valence-corrected chi connectivity index (χ0v) is 18.1. The van der Waals surface area contributed by atoms with Gasteiger partial charge in [0, 0.05) is 31.7 Å². The van der Waals surface area contributed by atoms with E-state index in [4.69, 9.17) is 9.15 Å². The second-order valence-corrected chi connectivity index (χ2v) is 7.99. The summed E-state index contributed by atoms with van der Waals surface area (Å²) in [6.45, 7) is 4.20. The summed E-state index contributed by atoms with van der Waals surface area (Å²) < 4.78 is 51.0. The highest BCUT2D eigenvalue weighted by Crippen LogP contribution is 2.22. The van der Waals surface area contributed by atoms with Crippen LogP contribution in [0.4, 0.5) is 13.2 Å². The minimum atomic E-state index is -0.867. The molecule has 174 valence electrons. The fourth-order valence-electron chi connectivity index (χ4n) is 3.69. The zero-order valence-electron chi connectivity index (χ0n) is 18.1. The van der Waals surface area contributed by atoms with E-state index in [9.17, 15) is 18.0 Å². The van der Waals surface area contributed by atoms with Crippen molar-refractivity contribution in [2.45, 2.75) is 26.0 Å². The molecule has 4 rings (SSSR count). The fraction of sp³-hybridized carbons (Fsp3) is 0.333. The largest absolute Gasteiger partial charge is 0.441 e. The SMILES string of the molecule is Cc1oc(-c2ccc(F)cc2)nc1CC(=O)NC[C@H]1CN(Cc2ccc(F)c(F)c2)CCO1. The number of benzene rings is 2. The lowest BCUT2D eigenvalue weighted by atomic mass is 10.1. The summed E-state index contributed by atoms with van der Waals surface area (Å²) in [4.78, 5) is 18.9. The van der Waals surface area contributed by atoms with Gasteiger partial charge in [0.15, 0.2) is 11.6 Å². The first kappa shape index (κ1) is 23.0. The standard InChI is InChI=1S/C24H24F3N3O3/c1-15-22(29-24(33-15)17-3-5-18(25)6-4-17)11-23(31)28-12-19-14-30(8-9-32-19)13-16-2-7-20(26)21(27)10-16/h2-7,10,19H,8-9,11-14H2,1H3,(H,28,31)/t19-/m0/s1. The van der Waals surface area contributed by atoms with Crippen LogP contribution >= 0.6 is 0 Å². The number of carbonyl (C=O) groups excluding carboxylic acids is 1. The number of carbonyl (C=O) groups is 1. The van der Waals surface area contributed by atoms with Gasteiger partial charge in [0.1, 0.15) is 11.6 Å². The van der Waals surface area contributed by atoms with Crippen LogP contribution in [0.3, 0.4) is 0 Å². The Kier molecular flexibility index (Phi) is 7.10. The summed E-state index contributed by atoms with van der Waals surface area (Å²) in [5.41, 5.74) is 1.82. The van der Waals surface area contributed by atoms with Crippen LogP contribution in [0.5, 0.6) is 0 Å². The number of hydrogen-bond donors (Lipinski definition) is 1. The molecule has 33 heavy (non-hydrogen) atoms. The molecule has 0 bridgehead atoms. The van der Waals surface area contributed by atoms with Gasteiger partial charge in [0.2, 0.25) is 11.8 Å². The van der Waals surface area contributed by atoms with E-state index >= 15 is 0 Å². The average Bonchev–Trinajstić information content (AvgIpc) is 3.15. The van der Waals surface area contributed by atoms with E-state index in [2.05, 4.69) is 15.2 Å². The monoisotopic (exact) mass is 459 g/mol. The Morgan fingerprint density at radius 3 is 2.70 bits per heavy atom. The summed E-state index contributed by atoms with van der Waals surface area (Å²) in [5, 5.41) is 2.85. The third-order valence-corrected chi connectivity index (χ3v) is 5.45. The predicted molar refractivity (Wildman–Crippen MR) is 115 cm³/mol. The van der Waals surface area contributed by atoms with Crippen LogP contribution < -0.4 is 5.32 Å². The Morgan fingerprint density at radius 2 is 1.94 bits per heavy atom. The van der Waals surface area contributed by atoms with Gasteiger partial charge in [-0.2, -0.15) is 0 Å². The maximum atomic E-state index is 13.4. The molecule has 1 aliphatic rings. The van der Waals surface area contributed by atoms with Crippen LogP contribution in [0, 0.1) is 24.4 Å². The molecule has 1 aliphatic heterocycles. The van der Waals surface area contributed by atoms with Crippen molar-refractivity contribution in [3.05, 3.63) is 76.9 Å². The van der Waals surface area contributed by atoms with Crippen molar-refractivity contribution in [1.82, 2.24) is 15.2 Å². The van der Waals surface area contributed by atoms with Crippen LogP contribution in [0.1, 0.15) is 17.0 Å². The fourth-order valence-corrected chi connectivity index (χ4v) is 3.69. The molecule has 0 radical (unpaired) electrons. The first-order valence-electron chi connectivity index (χ1n) is 10.6. The molecule has 1 saturated heterocycles. The summed E-state index contributed by atoms with van der Waals surface area (Å²) in [6.07, 6.45) is -0.178. The topological polar surface area (TPSA) is 67.6 Å². The number of aromatic nitrogens is 1.